The third kappa shape index (κ3) is 4.99. The molecule has 0 aliphatic carbocycles. The van der Waals surface area contributed by atoms with Gasteiger partial charge >= 0.3 is 6.18 Å². The number of amides is 2. The summed E-state index contributed by atoms with van der Waals surface area (Å²) in [5.74, 6) is -0.228. The van der Waals surface area contributed by atoms with Crippen LogP contribution in [-0.2, 0) is 15.8 Å². The Morgan fingerprint density at radius 3 is 2.48 bits per heavy atom. The number of nitrogens with zero attached hydrogens (tertiary/aromatic N) is 1. The first kappa shape index (κ1) is 22.6. The van der Waals surface area contributed by atoms with Gasteiger partial charge in [0.05, 0.1) is 30.1 Å². The summed E-state index contributed by atoms with van der Waals surface area (Å²) in [6.45, 7) is 3.38. The Morgan fingerprint density at radius 2 is 1.90 bits per heavy atom. The van der Waals surface area contributed by atoms with Crippen molar-refractivity contribution in [1.29, 1.82) is 0 Å². The molecule has 1 aliphatic heterocycles. The van der Waals surface area contributed by atoms with Crippen LogP contribution < -0.4 is 20.3 Å². The van der Waals surface area contributed by atoms with Crippen LogP contribution in [0.1, 0.15) is 37.4 Å². The maximum absolute atomic E-state index is 13.1. The summed E-state index contributed by atoms with van der Waals surface area (Å²) in [6.07, 6.45) is -3.84. The zero-order chi connectivity index (χ0) is 22.8. The van der Waals surface area contributed by atoms with E-state index in [-0.39, 0.29) is 24.0 Å². The molecule has 2 unspecified atom stereocenters. The van der Waals surface area contributed by atoms with E-state index in [1.54, 1.807) is 14.0 Å². The molecule has 1 heterocycles. The van der Waals surface area contributed by atoms with Crippen LogP contribution in [0.5, 0.6) is 5.75 Å². The molecule has 3 rings (SSSR count). The van der Waals surface area contributed by atoms with Crippen molar-refractivity contribution in [2.75, 3.05) is 23.9 Å². The van der Waals surface area contributed by atoms with Gasteiger partial charge in [-0.05, 0) is 49.2 Å². The maximum Gasteiger partial charge on any atom is 0.416 e. The van der Waals surface area contributed by atoms with Gasteiger partial charge in [-0.1, -0.05) is 19.1 Å². The first-order valence-corrected chi connectivity index (χ1v) is 9.86. The van der Waals surface area contributed by atoms with Gasteiger partial charge in [-0.3, -0.25) is 19.8 Å². The molecule has 0 saturated carbocycles. The second-order valence-corrected chi connectivity index (χ2v) is 7.32. The number of methoxy groups -OCH3 is 1. The van der Waals surface area contributed by atoms with E-state index >= 15 is 0 Å². The maximum atomic E-state index is 13.1. The summed E-state index contributed by atoms with van der Waals surface area (Å²) >= 11 is 0. The predicted molar refractivity (Wildman–Crippen MR) is 111 cm³/mol. The molecule has 31 heavy (non-hydrogen) atoms. The van der Waals surface area contributed by atoms with Crippen molar-refractivity contribution in [3.8, 4) is 5.75 Å². The van der Waals surface area contributed by atoms with E-state index in [2.05, 4.69) is 10.6 Å². The number of halogens is 3. The molecule has 2 aromatic rings. The number of fused-ring (bicyclic) bond motifs is 1. The van der Waals surface area contributed by atoms with Crippen molar-refractivity contribution in [2.45, 2.75) is 38.5 Å². The van der Waals surface area contributed by atoms with Crippen LogP contribution in [0.3, 0.4) is 0 Å². The zero-order valence-electron chi connectivity index (χ0n) is 17.4. The van der Waals surface area contributed by atoms with Gasteiger partial charge in [0.2, 0.25) is 11.8 Å². The molecule has 0 bridgehead atoms. The van der Waals surface area contributed by atoms with Crippen molar-refractivity contribution in [1.82, 2.24) is 5.32 Å². The number of hydrogen-bond donors (Lipinski definition) is 2. The zero-order valence-corrected chi connectivity index (χ0v) is 17.4. The largest absolute Gasteiger partial charge is 0.497 e. The smallest absolute Gasteiger partial charge is 0.416 e. The van der Waals surface area contributed by atoms with Crippen LogP contribution in [0.15, 0.2) is 42.5 Å². The average Bonchev–Trinajstić information content (AvgIpc) is 2.75. The van der Waals surface area contributed by atoms with E-state index in [0.717, 1.165) is 23.4 Å². The molecule has 0 aromatic heterocycles. The van der Waals surface area contributed by atoms with Crippen molar-refractivity contribution in [3.63, 3.8) is 0 Å². The van der Waals surface area contributed by atoms with Crippen molar-refractivity contribution in [3.05, 3.63) is 53.6 Å². The lowest BCUT2D eigenvalue weighted by atomic mass is 10.0. The fourth-order valence-electron chi connectivity index (χ4n) is 3.56. The fraction of sp³-hybridized carbons (Fsp3) is 0.364. The van der Waals surface area contributed by atoms with Gasteiger partial charge in [0.25, 0.3) is 0 Å². The summed E-state index contributed by atoms with van der Waals surface area (Å²) in [5.41, 5.74) is 0.282. The Balaban J connectivity index is 1.80. The molecule has 9 heteroatoms. The molecule has 6 nitrogen and oxygen atoms in total. The number of rotatable bonds is 6. The first-order valence-electron chi connectivity index (χ1n) is 9.86. The van der Waals surface area contributed by atoms with Gasteiger partial charge in [-0.15, -0.1) is 0 Å². The van der Waals surface area contributed by atoms with E-state index in [0.29, 0.717) is 6.42 Å². The molecule has 2 aromatic carbocycles. The number of anilines is 2. The highest BCUT2D eigenvalue weighted by Crippen LogP contribution is 2.37. The van der Waals surface area contributed by atoms with Gasteiger partial charge < -0.3 is 10.1 Å². The summed E-state index contributed by atoms with van der Waals surface area (Å²) < 4.78 is 44.2. The quantitative estimate of drug-likeness (QED) is 0.716. The number of hydrogen-bond acceptors (Lipinski definition) is 4. The molecule has 2 amide bonds. The number of alkyl halides is 3. The van der Waals surface area contributed by atoms with Gasteiger partial charge in [0.1, 0.15) is 12.3 Å². The summed E-state index contributed by atoms with van der Waals surface area (Å²) in [5, 5.41) is 5.67. The van der Waals surface area contributed by atoms with Crippen LogP contribution in [0.4, 0.5) is 24.5 Å². The molecule has 2 N–H and O–H groups in total. The summed E-state index contributed by atoms with van der Waals surface area (Å²) in [4.78, 5) is 26.4. The Morgan fingerprint density at radius 1 is 1.23 bits per heavy atom. The highest BCUT2D eigenvalue weighted by Gasteiger charge is 2.35. The van der Waals surface area contributed by atoms with Crippen LogP contribution in [-0.4, -0.2) is 31.5 Å². The van der Waals surface area contributed by atoms with Crippen molar-refractivity contribution >= 4 is 23.2 Å². The number of nitrogens with one attached hydrogen (secondary N) is 2. The minimum absolute atomic E-state index is 0.0335. The van der Waals surface area contributed by atoms with Crippen LogP contribution in [0.2, 0.25) is 0 Å². The van der Waals surface area contributed by atoms with E-state index in [1.165, 1.54) is 11.0 Å². The number of benzene rings is 2. The van der Waals surface area contributed by atoms with Crippen LogP contribution in [0, 0.1) is 0 Å². The number of ether oxygens (including phenoxy) is 1. The highest BCUT2D eigenvalue weighted by molar-refractivity contribution is 6.11. The molecule has 0 spiro atoms. The van der Waals surface area contributed by atoms with Crippen molar-refractivity contribution in [2.24, 2.45) is 0 Å². The Kier molecular flexibility index (Phi) is 6.54. The second kappa shape index (κ2) is 8.97. The molecule has 0 fully saturated rings. The third-order valence-corrected chi connectivity index (χ3v) is 5.20. The van der Waals surface area contributed by atoms with Crippen LogP contribution in [0.25, 0.3) is 0 Å². The minimum atomic E-state index is -4.55. The second-order valence-electron chi connectivity index (χ2n) is 7.32. The lowest BCUT2D eigenvalue weighted by Gasteiger charge is -2.33. The topological polar surface area (TPSA) is 70.7 Å². The lowest BCUT2D eigenvalue weighted by Crippen LogP contribution is -2.50. The van der Waals surface area contributed by atoms with E-state index < -0.39 is 29.6 Å². The minimum Gasteiger partial charge on any atom is -0.497 e. The van der Waals surface area contributed by atoms with Gasteiger partial charge in [-0.2, -0.15) is 13.2 Å². The molecule has 0 saturated heterocycles. The average molecular weight is 435 g/mol. The Hall–Kier alpha value is -3.07. The predicted octanol–water partition coefficient (Wildman–Crippen LogP) is 4.13. The van der Waals surface area contributed by atoms with Gasteiger partial charge in [-0.25, -0.2) is 0 Å². The number of carbonyl (C=O) groups excluding carboxylic acids is 2. The van der Waals surface area contributed by atoms with E-state index in [1.807, 2.05) is 31.2 Å². The molecule has 2 atom stereocenters. The molecule has 166 valence electrons. The Labute approximate surface area is 178 Å². The standard InChI is InChI=1S/C22H24F3N3O3/c1-4-17(14-5-8-16(31-3)9-6-14)26-13(2)21(30)28-12-20(29)27-18-11-15(22(23,24)25)7-10-19(18)28/h5-11,13,17,26H,4,12H2,1-3H3,(H,27,29). The van der Waals surface area contributed by atoms with E-state index in [9.17, 15) is 22.8 Å². The SMILES string of the molecule is CCC(NC(C)C(=O)N1CC(=O)Nc2cc(C(F)(F)F)ccc21)c1ccc(OC)cc1. The fourth-order valence-corrected chi connectivity index (χ4v) is 3.56. The molecule has 1 aliphatic rings. The first-order chi connectivity index (χ1) is 14.6. The normalized spacial score (nSPS) is 15.7. The third-order valence-electron chi connectivity index (χ3n) is 5.20. The number of carbonyl (C=O) groups is 2. The van der Waals surface area contributed by atoms with Gasteiger partial charge in [0.15, 0.2) is 0 Å². The molecular formula is C22H24F3N3O3. The molecular weight excluding hydrogens is 411 g/mol. The van der Waals surface area contributed by atoms with Crippen molar-refractivity contribution < 1.29 is 27.5 Å². The summed E-state index contributed by atoms with van der Waals surface area (Å²) in [6, 6.07) is 9.62. The summed E-state index contributed by atoms with van der Waals surface area (Å²) in [7, 11) is 1.58. The Bertz CT molecular complexity index is 961. The monoisotopic (exact) mass is 435 g/mol. The van der Waals surface area contributed by atoms with Crippen LogP contribution >= 0.6 is 0 Å². The lowest BCUT2D eigenvalue weighted by molar-refractivity contribution is -0.137. The van der Waals surface area contributed by atoms with Gasteiger partial charge in [0, 0.05) is 6.04 Å². The van der Waals surface area contributed by atoms with E-state index in [4.69, 9.17) is 4.74 Å². The molecule has 0 radical (unpaired) electrons. The highest BCUT2D eigenvalue weighted by atomic mass is 19.4.